The van der Waals surface area contributed by atoms with E-state index in [4.69, 9.17) is 0 Å². The molecular weight excluding hydrogens is 312 g/mol. The highest BCUT2D eigenvalue weighted by molar-refractivity contribution is 9.10. The lowest BCUT2D eigenvalue weighted by Crippen LogP contribution is -2.36. The topological polar surface area (TPSA) is 15.3 Å². The second kappa shape index (κ2) is 8.16. The molecule has 1 N–H and O–H groups in total. The van der Waals surface area contributed by atoms with E-state index in [0.29, 0.717) is 0 Å². The first-order valence-corrected chi connectivity index (χ1v) is 7.17. The Morgan fingerprint density at radius 3 is 2.83 bits per heavy atom. The maximum absolute atomic E-state index is 3.61. The van der Waals surface area contributed by atoms with Crippen molar-refractivity contribution in [2.24, 2.45) is 5.92 Å². The fraction of sp³-hybridized carbons (Fsp3) is 0.571. The van der Waals surface area contributed by atoms with Crippen LogP contribution in [0, 0.1) is 5.92 Å². The largest absolute Gasteiger partial charge is 0.316 e. The first kappa shape index (κ1) is 16.0. The molecule has 102 valence electrons. The van der Waals surface area contributed by atoms with Gasteiger partial charge in [0.1, 0.15) is 0 Å². The lowest BCUT2D eigenvalue weighted by Gasteiger charge is -2.27. The van der Waals surface area contributed by atoms with Crippen LogP contribution >= 0.6 is 28.3 Å². The molecule has 1 atom stereocenters. The van der Waals surface area contributed by atoms with Crippen LogP contribution in [0.15, 0.2) is 28.7 Å². The molecule has 1 aliphatic rings. The molecular formula is C14H22BrClN2. The third kappa shape index (κ3) is 4.88. The molecule has 18 heavy (non-hydrogen) atoms. The van der Waals surface area contributed by atoms with Gasteiger partial charge in [0.05, 0.1) is 0 Å². The summed E-state index contributed by atoms with van der Waals surface area (Å²) < 4.78 is 1.22. The third-order valence-corrected chi connectivity index (χ3v) is 4.14. The van der Waals surface area contributed by atoms with Crippen LogP contribution in [0.2, 0.25) is 0 Å². The number of halogens is 2. The zero-order valence-electron chi connectivity index (χ0n) is 10.9. The summed E-state index contributed by atoms with van der Waals surface area (Å²) >= 11 is 3.61. The van der Waals surface area contributed by atoms with Crippen molar-refractivity contribution in [2.75, 3.05) is 26.7 Å². The number of nitrogens with one attached hydrogen (secondary N) is 1. The molecule has 1 unspecified atom stereocenters. The van der Waals surface area contributed by atoms with E-state index < -0.39 is 0 Å². The number of nitrogens with zero attached hydrogens (tertiary/aromatic N) is 1. The molecule has 1 fully saturated rings. The lowest BCUT2D eigenvalue weighted by atomic mass is 9.99. The second-order valence-electron chi connectivity index (χ2n) is 5.00. The minimum Gasteiger partial charge on any atom is -0.316 e. The van der Waals surface area contributed by atoms with Crippen molar-refractivity contribution in [2.45, 2.75) is 19.4 Å². The van der Waals surface area contributed by atoms with Gasteiger partial charge in [-0.1, -0.05) is 34.1 Å². The Labute approximate surface area is 125 Å². The Kier molecular flexibility index (Phi) is 7.23. The minimum absolute atomic E-state index is 0. The first-order chi connectivity index (χ1) is 8.25. The van der Waals surface area contributed by atoms with Gasteiger partial charge < -0.3 is 10.2 Å². The summed E-state index contributed by atoms with van der Waals surface area (Å²) in [5, 5.41) is 3.48. The number of hydrogen-bond acceptors (Lipinski definition) is 2. The zero-order valence-corrected chi connectivity index (χ0v) is 13.3. The molecule has 1 aromatic carbocycles. The van der Waals surface area contributed by atoms with Gasteiger partial charge in [0.2, 0.25) is 0 Å². The summed E-state index contributed by atoms with van der Waals surface area (Å²) in [6, 6.07) is 8.49. The van der Waals surface area contributed by atoms with Crippen LogP contribution in [0.3, 0.4) is 0 Å². The third-order valence-electron chi connectivity index (χ3n) is 3.37. The van der Waals surface area contributed by atoms with Gasteiger partial charge in [-0.2, -0.15) is 0 Å². The molecule has 1 heterocycles. The molecule has 0 aliphatic carbocycles. The quantitative estimate of drug-likeness (QED) is 0.909. The molecule has 1 aromatic rings. The van der Waals surface area contributed by atoms with E-state index in [2.05, 4.69) is 57.5 Å². The lowest BCUT2D eigenvalue weighted by molar-refractivity contribution is 0.237. The van der Waals surface area contributed by atoms with Crippen LogP contribution in [0.1, 0.15) is 18.4 Å². The van der Waals surface area contributed by atoms with Crippen LogP contribution in [0.25, 0.3) is 0 Å². The van der Waals surface area contributed by atoms with E-state index in [1.54, 1.807) is 0 Å². The molecule has 0 spiro atoms. The Morgan fingerprint density at radius 1 is 1.39 bits per heavy atom. The van der Waals surface area contributed by atoms with Crippen molar-refractivity contribution in [3.63, 3.8) is 0 Å². The van der Waals surface area contributed by atoms with Crippen LogP contribution in [-0.2, 0) is 6.54 Å². The molecule has 0 aromatic heterocycles. The summed E-state index contributed by atoms with van der Waals surface area (Å²) in [4.78, 5) is 2.43. The molecule has 0 amide bonds. The molecule has 1 saturated heterocycles. The first-order valence-electron chi connectivity index (χ1n) is 6.38. The zero-order chi connectivity index (χ0) is 12.1. The van der Waals surface area contributed by atoms with E-state index in [9.17, 15) is 0 Å². The maximum atomic E-state index is 3.61. The van der Waals surface area contributed by atoms with E-state index in [0.717, 1.165) is 12.5 Å². The average Bonchev–Trinajstić information content (AvgIpc) is 2.33. The molecule has 2 rings (SSSR count). The molecule has 2 nitrogen and oxygen atoms in total. The molecule has 0 radical (unpaired) electrons. The Hall–Kier alpha value is -0.0900. The normalized spacial score (nSPS) is 19.6. The molecule has 1 aliphatic heterocycles. The van der Waals surface area contributed by atoms with Crippen LogP contribution < -0.4 is 5.32 Å². The van der Waals surface area contributed by atoms with Gasteiger partial charge in [-0.05, 0) is 50.5 Å². The number of piperidine rings is 1. The second-order valence-corrected chi connectivity index (χ2v) is 5.85. The fourth-order valence-electron chi connectivity index (χ4n) is 2.50. The van der Waals surface area contributed by atoms with Crippen molar-refractivity contribution < 1.29 is 0 Å². The summed E-state index contributed by atoms with van der Waals surface area (Å²) in [5.74, 6) is 0.816. The summed E-state index contributed by atoms with van der Waals surface area (Å²) in [6.45, 7) is 4.59. The molecule has 4 heteroatoms. The van der Waals surface area contributed by atoms with Gasteiger partial charge in [-0.15, -0.1) is 12.4 Å². The predicted octanol–water partition coefficient (Wildman–Crippen LogP) is 3.30. The van der Waals surface area contributed by atoms with E-state index in [1.807, 2.05) is 0 Å². The minimum atomic E-state index is 0. The molecule has 0 saturated carbocycles. The highest BCUT2D eigenvalue weighted by Crippen LogP contribution is 2.18. The maximum Gasteiger partial charge on any atom is 0.0242 e. The van der Waals surface area contributed by atoms with E-state index in [1.165, 1.54) is 42.5 Å². The van der Waals surface area contributed by atoms with E-state index >= 15 is 0 Å². The Balaban J connectivity index is 0.00000162. The summed E-state index contributed by atoms with van der Waals surface area (Å²) in [7, 11) is 2.22. The standard InChI is InChI=1S/C14H21BrN2.ClH/c1-17(10-12-5-4-8-16-9-12)11-13-6-2-3-7-14(13)15;/h2-3,6-7,12,16H,4-5,8-11H2,1H3;1H. The van der Waals surface area contributed by atoms with Gasteiger partial charge in [0.15, 0.2) is 0 Å². The van der Waals surface area contributed by atoms with E-state index in [-0.39, 0.29) is 12.4 Å². The molecule has 0 bridgehead atoms. The number of hydrogen-bond donors (Lipinski definition) is 1. The highest BCUT2D eigenvalue weighted by Gasteiger charge is 2.15. The SMILES string of the molecule is CN(Cc1ccccc1Br)CC1CCCNC1.Cl. The Bertz CT molecular complexity index is 353. The van der Waals surface area contributed by atoms with Gasteiger partial charge in [0, 0.05) is 17.6 Å². The van der Waals surface area contributed by atoms with Gasteiger partial charge in [0.25, 0.3) is 0 Å². The van der Waals surface area contributed by atoms with Gasteiger partial charge in [-0.3, -0.25) is 0 Å². The smallest absolute Gasteiger partial charge is 0.0242 e. The average molecular weight is 334 g/mol. The number of rotatable bonds is 4. The predicted molar refractivity (Wildman–Crippen MR) is 83.3 cm³/mol. The van der Waals surface area contributed by atoms with Crippen molar-refractivity contribution in [3.8, 4) is 0 Å². The summed E-state index contributed by atoms with van der Waals surface area (Å²) in [6.07, 6.45) is 2.70. The van der Waals surface area contributed by atoms with Gasteiger partial charge >= 0.3 is 0 Å². The highest BCUT2D eigenvalue weighted by atomic mass is 79.9. The van der Waals surface area contributed by atoms with Crippen LogP contribution in [0.5, 0.6) is 0 Å². The fourth-order valence-corrected chi connectivity index (χ4v) is 2.91. The van der Waals surface area contributed by atoms with Crippen molar-refractivity contribution in [1.82, 2.24) is 10.2 Å². The Morgan fingerprint density at radius 2 is 2.17 bits per heavy atom. The van der Waals surface area contributed by atoms with Crippen LogP contribution in [-0.4, -0.2) is 31.6 Å². The monoisotopic (exact) mass is 332 g/mol. The van der Waals surface area contributed by atoms with Crippen molar-refractivity contribution in [1.29, 1.82) is 0 Å². The van der Waals surface area contributed by atoms with Crippen molar-refractivity contribution in [3.05, 3.63) is 34.3 Å². The van der Waals surface area contributed by atoms with Crippen molar-refractivity contribution >= 4 is 28.3 Å². The van der Waals surface area contributed by atoms with Gasteiger partial charge in [-0.25, -0.2) is 0 Å². The van der Waals surface area contributed by atoms with Crippen LogP contribution in [0.4, 0.5) is 0 Å². The summed E-state index contributed by atoms with van der Waals surface area (Å²) in [5.41, 5.74) is 1.37. The number of benzene rings is 1.